The summed E-state index contributed by atoms with van der Waals surface area (Å²) < 4.78 is 22.7. The van der Waals surface area contributed by atoms with Gasteiger partial charge in [-0.1, -0.05) is 151 Å². The number of carbonyl (C=O) groups excluding carboxylic acids is 2. The van der Waals surface area contributed by atoms with Gasteiger partial charge in [0.1, 0.15) is 13.2 Å². The van der Waals surface area contributed by atoms with Crippen molar-refractivity contribution in [3.05, 3.63) is 72.9 Å². The zero-order valence-electron chi connectivity index (χ0n) is 38.8. The van der Waals surface area contributed by atoms with E-state index >= 15 is 0 Å². The van der Waals surface area contributed by atoms with Crippen LogP contribution in [0.25, 0.3) is 0 Å². The van der Waals surface area contributed by atoms with Crippen LogP contribution in [0.15, 0.2) is 72.9 Å². The van der Waals surface area contributed by atoms with Crippen molar-refractivity contribution in [3.8, 4) is 0 Å². The Bertz CT molecular complexity index is 1210. The van der Waals surface area contributed by atoms with Gasteiger partial charge in [0.25, 0.3) is 6.29 Å². The summed E-state index contributed by atoms with van der Waals surface area (Å²) in [7, 11) is 5.94. The molecule has 60 heavy (non-hydrogen) atoms. The molecule has 0 radical (unpaired) electrons. The van der Waals surface area contributed by atoms with E-state index in [1.807, 2.05) is 21.1 Å². The molecule has 0 spiro atoms. The summed E-state index contributed by atoms with van der Waals surface area (Å²) in [6.07, 6.45) is 49.6. The number of rotatable bonds is 42. The van der Waals surface area contributed by atoms with Crippen molar-refractivity contribution in [1.82, 2.24) is 0 Å². The predicted molar refractivity (Wildman–Crippen MR) is 249 cm³/mol. The summed E-state index contributed by atoms with van der Waals surface area (Å²) in [5.41, 5.74) is 0. The molecule has 0 heterocycles. The van der Waals surface area contributed by atoms with Crippen molar-refractivity contribution in [2.45, 2.75) is 187 Å². The second kappa shape index (κ2) is 42.4. The molecule has 0 saturated carbocycles. The van der Waals surface area contributed by atoms with Crippen molar-refractivity contribution >= 4 is 17.9 Å². The molecule has 344 valence electrons. The maximum absolute atomic E-state index is 12.8. The third kappa shape index (κ3) is 42.8. The molecule has 9 heteroatoms. The van der Waals surface area contributed by atoms with Gasteiger partial charge in [0.15, 0.2) is 6.10 Å². The van der Waals surface area contributed by atoms with Crippen molar-refractivity contribution in [1.29, 1.82) is 0 Å². The average Bonchev–Trinajstić information content (AvgIpc) is 3.21. The molecule has 0 fully saturated rings. The number of quaternary nitrogens is 1. The highest BCUT2D eigenvalue weighted by Gasteiger charge is 2.25. The second-order valence-corrected chi connectivity index (χ2v) is 16.7. The largest absolute Gasteiger partial charge is 0.477 e. The van der Waals surface area contributed by atoms with Crippen LogP contribution in [0.5, 0.6) is 0 Å². The van der Waals surface area contributed by atoms with Gasteiger partial charge < -0.3 is 28.5 Å². The standard InChI is InChI=1S/C51H87NO8/c1-6-8-10-12-14-16-18-20-22-24-26-27-29-31-33-35-37-39-41-48(53)58-45-47(46-59-51(50(55)56)57-44-43-52(3,4)5)60-49(54)42-40-38-36-34-32-30-28-25-23-21-19-17-15-13-11-9-7-2/h9,11,15-18,21-24,28,30,47,51H,6-8,10,12-14,19-20,25-27,29,31-46H2,1-5H3/p+1/b11-9-,17-15-,18-16-,23-21-,24-22-,30-28-. The highest BCUT2D eigenvalue weighted by atomic mass is 16.7. The fraction of sp³-hybridized carbons (Fsp3) is 0.706. The number of carbonyl (C=O) groups is 3. The van der Waals surface area contributed by atoms with E-state index < -0.39 is 24.3 Å². The number of nitrogens with zero attached hydrogens (tertiary/aromatic N) is 1. The fourth-order valence-corrected chi connectivity index (χ4v) is 6.03. The molecule has 0 rings (SSSR count). The molecule has 0 aliphatic rings. The minimum absolute atomic E-state index is 0.178. The van der Waals surface area contributed by atoms with Crippen LogP contribution in [-0.2, 0) is 33.3 Å². The van der Waals surface area contributed by atoms with Gasteiger partial charge in [0, 0.05) is 12.8 Å². The number of esters is 2. The van der Waals surface area contributed by atoms with Crippen LogP contribution in [0.2, 0.25) is 0 Å². The molecule has 0 saturated heterocycles. The number of carboxylic acids is 1. The Kier molecular flexibility index (Phi) is 40.1. The van der Waals surface area contributed by atoms with Gasteiger partial charge >= 0.3 is 17.9 Å². The van der Waals surface area contributed by atoms with E-state index in [0.29, 0.717) is 17.4 Å². The van der Waals surface area contributed by atoms with Crippen molar-refractivity contribution in [2.24, 2.45) is 0 Å². The lowest BCUT2D eigenvalue weighted by Crippen LogP contribution is -2.40. The fourth-order valence-electron chi connectivity index (χ4n) is 6.03. The molecule has 0 aromatic carbocycles. The number of hydrogen-bond donors (Lipinski definition) is 1. The monoisotopic (exact) mass is 843 g/mol. The molecule has 2 atom stereocenters. The summed E-state index contributed by atoms with van der Waals surface area (Å²) >= 11 is 0. The topological polar surface area (TPSA) is 108 Å². The number of allylic oxidation sites excluding steroid dienone is 12. The Labute approximate surface area is 367 Å². The van der Waals surface area contributed by atoms with Crippen LogP contribution >= 0.6 is 0 Å². The molecule has 0 aliphatic carbocycles. The minimum Gasteiger partial charge on any atom is -0.477 e. The molecule has 0 aliphatic heterocycles. The summed E-state index contributed by atoms with van der Waals surface area (Å²) in [5.74, 6) is -2.06. The third-order valence-corrected chi connectivity index (χ3v) is 9.70. The van der Waals surface area contributed by atoms with E-state index in [1.54, 1.807) is 0 Å². The van der Waals surface area contributed by atoms with Crippen molar-refractivity contribution in [2.75, 3.05) is 47.5 Å². The van der Waals surface area contributed by atoms with E-state index in [1.165, 1.54) is 51.4 Å². The first-order valence-corrected chi connectivity index (χ1v) is 23.6. The van der Waals surface area contributed by atoms with Gasteiger partial charge in [0.2, 0.25) is 0 Å². The Hall–Kier alpha value is -3.27. The molecular formula is C51H88NO8+. The normalized spacial score (nSPS) is 13.6. The number of ether oxygens (including phenoxy) is 4. The van der Waals surface area contributed by atoms with Crippen LogP contribution < -0.4 is 0 Å². The van der Waals surface area contributed by atoms with E-state index in [0.717, 1.165) is 89.9 Å². The highest BCUT2D eigenvalue weighted by molar-refractivity contribution is 5.71. The molecule has 2 unspecified atom stereocenters. The van der Waals surface area contributed by atoms with Crippen LogP contribution in [0.3, 0.4) is 0 Å². The first kappa shape index (κ1) is 56.7. The maximum Gasteiger partial charge on any atom is 0.361 e. The molecule has 1 N–H and O–H groups in total. The van der Waals surface area contributed by atoms with E-state index in [-0.39, 0.29) is 38.6 Å². The van der Waals surface area contributed by atoms with E-state index in [4.69, 9.17) is 18.9 Å². The Morgan fingerprint density at radius 3 is 1.42 bits per heavy atom. The Morgan fingerprint density at radius 1 is 0.517 bits per heavy atom. The van der Waals surface area contributed by atoms with Gasteiger partial charge in [-0.25, -0.2) is 4.79 Å². The molecule has 9 nitrogen and oxygen atoms in total. The minimum atomic E-state index is -1.52. The lowest BCUT2D eigenvalue weighted by Gasteiger charge is -2.25. The lowest BCUT2D eigenvalue weighted by atomic mass is 10.1. The zero-order valence-corrected chi connectivity index (χ0v) is 38.8. The average molecular weight is 843 g/mol. The summed E-state index contributed by atoms with van der Waals surface area (Å²) in [4.78, 5) is 37.2. The third-order valence-electron chi connectivity index (χ3n) is 9.70. The highest BCUT2D eigenvalue weighted by Crippen LogP contribution is 2.13. The van der Waals surface area contributed by atoms with Crippen LogP contribution in [-0.4, -0.2) is 87.4 Å². The van der Waals surface area contributed by atoms with Crippen molar-refractivity contribution < 1.29 is 42.9 Å². The summed E-state index contributed by atoms with van der Waals surface area (Å²) in [6.45, 7) is 4.69. The van der Waals surface area contributed by atoms with Crippen molar-refractivity contribution in [3.63, 3.8) is 0 Å². The quantitative estimate of drug-likeness (QED) is 0.0213. The first-order chi connectivity index (χ1) is 29.1. The van der Waals surface area contributed by atoms with Gasteiger partial charge in [-0.05, 0) is 83.5 Å². The van der Waals surface area contributed by atoms with Crippen LogP contribution in [0.4, 0.5) is 0 Å². The number of aliphatic carboxylic acids is 1. The Morgan fingerprint density at radius 2 is 0.950 bits per heavy atom. The van der Waals surface area contributed by atoms with Gasteiger partial charge in [-0.2, -0.15) is 0 Å². The molecule has 0 aromatic heterocycles. The van der Waals surface area contributed by atoms with Gasteiger partial charge in [-0.3, -0.25) is 9.59 Å². The van der Waals surface area contributed by atoms with Crippen LogP contribution in [0.1, 0.15) is 174 Å². The Balaban J connectivity index is 4.47. The van der Waals surface area contributed by atoms with Crippen LogP contribution in [0, 0.1) is 0 Å². The van der Waals surface area contributed by atoms with E-state index in [2.05, 4.69) is 86.8 Å². The number of carboxylic acid groups (broad SMARTS) is 1. The second-order valence-electron chi connectivity index (χ2n) is 16.7. The summed E-state index contributed by atoms with van der Waals surface area (Å²) in [5, 5.41) is 9.65. The maximum atomic E-state index is 12.8. The number of unbranched alkanes of at least 4 members (excludes halogenated alkanes) is 15. The van der Waals surface area contributed by atoms with Gasteiger partial charge in [-0.15, -0.1) is 0 Å². The van der Waals surface area contributed by atoms with E-state index in [9.17, 15) is 19.5 Å². The lowest BCUT2D eigenvalue weighted by molar-refractivity contribution is -0.870. The number of hydrogen-bond acceptors (Lipinski definition) is 7. The smallest absolute Gasteiger partial charge is 0.361 e. The predicted octanol–water partition coefficient (Wildman–Crippen LogP) is 12.7. The zero-order chi connectivity index (χ0) is 44.2. The number of likely N-dealkylation sites (N-methyl/N-ethyl adjacent to an activating group) is 1. The summed E-state index contributed by atoms with van der Waals surface area (Å²) in [6, 6.07) is 0. The molecular weight excluding hydrogens is 755 g/mol. The first-order valence-electron chi connectivity index (χ1n) is 23.6. The molecule has 0 bridgehead atoms. The molecule has 0 amide bonds. The SMILES string of the molecule is CC/C=C\C/C=C\C/C=C\C/C=C\CCCCCCC(=O)OC(COC(=O)CCCCCCCCC/C=C\C/C=C\CCCCCC)COC(OCC[N+](C)(C)C)C(=O)O. The molecule has 0 aromatic rings. The van der Waals surface area contributed by atoms with Gasteiger partial charge in [0.05, 0.1) is 34.4 Å².